The third-order valence-corrected chi connectivity index (χ3v) is 6.60. The van der Waals surface area contributed by atoms with Gasteiger partial charge in [-0.3, -0.25) is 4.79 Å². The van der Waals surface area contributed by atoms with Crippen molar-refractivity contribution in [2.75, 3.05) is 30.4 Å². The van der Waals surface area contributed by atoms with Crippen LogP contribution in [0, 0.1) is 23.6 Å². The smallest absolute Gasteiger partial charge is 0.416 e. The number of hydrogen-bond acceptors (Lipinski definition) is 6. The van der Waals surface area contributed by atoms with Crippen LogP contribution in [-0.4, -0.2) is 40.8 Å². The van der Waals surface area contributed by atoms with Gasteiger partial charge in [0.05, 0.1) is 17.5 Å². The van der Waals surface area contributed by atoms with Gasteiger partial charge in [-0.05, 0) is 61.6 Å². The maximum atomic E-state index is 15.2. The number of nitrogens with zero attached hydrogens (tertiary/aromatic N) is 2. The van der Waals surface area contributed by atoms with E-state index in [1.54, 1.807) is 0 Å². The molecule has 1 aliphatic carbocycles. The zero-order valence-corrected chi connectivity index (χ0v) is 19.0. The first kappa shape index (κ1) is 25.2. The van der Waals surface area contributed by atoms with Crippen molar-refractivity contribution >= 4 is 17.6 Å². The van der Waals surface area contributed by atoms with E-state index in [-0.39, 0.29) is 30.0 Å². The predicted molar refractivity (Wildman–Crippen MR) is 120 cm³/mol. The Morgan fingerprint density at radius 2 is 1.74 bits per heavy atom. The second kappa shape index (κ2) is 10.8. The molecule has 3 N–H and O–H groups in total. The summed E-state index contributed by atoms with van der Waals surface area (Å²) in [5.74, 6) is -2.27. The van der Waals surface area contributed by atoms with Gasteiger partial charge in [0.25, 0.3) is 0 Å². The molecule has 2 fully saturated rings. The Morgan fingerprint density at radius 3 is 2.34 bits per heavy atom. The number of rotatable bonds is 10. The Kier molecular flexibility index (Phi) is 7.73. The molecule has 2 aliphatic rings. The SMILES string of the molecule is O=C(O)C(CNc1ncnc(NC(c2ccc(C(F)(F)F)cc2)C2CC2)c1F)CC1CCOCC1. The van der Waals surface area contributed by atoms with Crippen LogP contribution in [0.15, 0.2) is 30.6 Å². The molecule has 7 nitrogen and oxygen atoms in total. The highest BCUT2D eigenvalue weighted by atomic mass is 19.4. The molecular formula is C24H28F4N4O3. The number of carboxylic acids is 1. The number of alkyl halides is 3. The lowest BCUT2D eigenvalue weighted by atomic mass is 9.89. The van der Waals surface area contributed by atoms with Crippen LogP contribution in [0.25, 0.3) is 0 Å². The summed E-state index contributed by atoms with van der Waals surface area (Å²) in [6, 6.07) is 4.41. The summed E-state index contributed by atoms with van der Waals surface area (Å²) >= 11 is 0. The minimum atomic E-state index is -4.43. The van der Waals surface area contributed by atoms with Crippen molar-refractivity contribution in [1.29, 1.82) is 0 Å². The minimum absolute atomic E-state index is 0.00498. The molecule has 2 atom stereocenters. The molecule has 0 spiro atoms. The number of anilines is 2. The number of aromatic nitrogens is 2. The molecule has 0 radical (unpaired) electrons. The van der Waals surface area contributed by atoms with Gasteiger partial charge in [0.1, 0.15) is 6.33 Å². The number of carbonyl (C=O) groups is 1. The fourth-order valence-corrected chi connectivity index (χ4v) is 4.40. The Hall–Kier alpha value is -2.95. The first-order valence-electron chi connectivity index (χ1n) is 11.7. The van der Waals surface area contributed by atoms with Gasteiger partial charge in [-0.1, -0.05) is 12.1 Å². The average Bonchev–Trinajstić information content (AvgIpc) is 3.67. The Balaban J connectivity index is 1.44. The van der Waals surface area contributed by atoms with E-state index < -0.39 is 35.5 Å². The van der Waals surface area contributed by atoms with E-state index in [1.807, 2.05) is 0 Å². The molecule has 1 aromatic heterocycles. The van der Waals surface area contributed by atoms with Gasteiger partial charge in [0.15, 0.2) is 11.6 Å². The quantitative estimate of drug-likeness (QED) is 0.393. The van der Waals surface area contributed by atoms with Gasteiger partial charge in [-0.25, -0.2) is 9.97 Å². The van der Waals surface area contributed by atoms with Gasteiger partial charge in [-0.15, -0.1) is 0 Å². The summed E-state index contributed by atoms with van der Waals surface area (Å²) in [5.41, 5.74) is -0.139. The molecule has 11 heteroatoms. The van der Waals surface area contributed by atoms with Crippen molar-refractivity contribution in [3.05, 3.63) is 47.5 Å². The fourth-order valence-electron chi connectivity index (χ4n) is 4.40. The topological polar surface area (TPSA) is 96.4 Å². The maximum Gasteiger partial charge on any atom is 0.416 e. The zero-order valence-electron chi connectivity index (χ0n) is 19.0. The van der Waals surface area contributed by atoms with E-state index in [4.69, 9.17) is 4.74 Å². The molecule has 2 unspecified atom stereocenters. The van der Waals surface area contributed by atoms with Crippen molar-refractivity contribution in [3.63, 3.8) is 0 Å². The predicted octanol–water partition coefficient (Wildman–Crippen LogP) is 5.13. The fraction of sp³-hybridized carbons (Fsp3) is 0.542. The van der Waals surface area contributed by atoms with E-state index in [0.29, 0.717) is 25.2 Å². The molecule has 1 aromatic carbocycles. The standard InChI is InChI=1S/C24H28F4N4O3/c25-19-21(29-12-17(23(33)34)11-14-7-9-35-10-8-14)30-13-31-22(19)32-20(15-1-2-15)16-3-5-18(6-4-16)24(26,27)28/h3-6,13-15,17,20H,1-2,7-12H2,(H,33,34)(H2,29,30,31,32). The molecule has 0 bridgehead atoms. The number of benzene rings is 1. The molecule has 2 aromatic rings. The van der Waals surface area contributed by atoms with Gasteiger partial charge in [-0.2, -0.15) is 17.6 Å². The summed E-state index contributed by atoms with van der Waals surface area (Å²) in [6.07, 6.45) is 0.517. The Labute approximate surface area is 200 Å². The van der Waals surface area contributed by atoms with Crippen molar-refractivity contribution in [2.45, 2.75) is 44.3 Å². The average molecular weight is 497 g/mol. The third-order valence-electron chi connectivity index (χ3n) is 6.60. The maximum absolute atomic E-state index is 15.2. The van der Waals surface area contributed by atoms with Gasteiger partial charge in [0, 0.05) is 19.8 Å². The minimum Gasteiger partial charge on any atom is -0.481 e. The van der Waals surface area contributed by atoms with E-state index >= 15 is 4.39 Å². The van der Waals surface area contributed by atoms with Crippen LogP contribution in [0.4, 0.5) is 29.2 Å². The molecule has 4 rings (SSSR count). The van der Waals surface area contributed by atoms with Crippen LogP contribution in [0.1, 0.15) is 49.3 Å². The molecule has 2 heterocycles. The molecule has 1 saturated heterocycles. The lowest BCUT2D eigenvalue weighted by Crippen LogP contribution is -2.28. The highest BCUT2D eigenvalue weighted by molar-refractivity contribution is 5.70. The van der Waals surface area contributed by atoms with Crippen molar-refractivity contribution in [2.24, 2.45) is 17.8 Å². The monoisotopic (exact) mass is 496 g/mol. The normalized spacial score (nSPS) is 18.6. The van der Waals surface area contributed by atoms with Crippen molar-refractivity contribution < 1.29 is 32.2 Å². The largest absolute Gasteiger partial charge is 0.481 e. The highest BCUT2D eigenvalue weighted by Gasteiger charge is 2.35. The van der Waals surface area contributed by atoms with Gasteiger partial charge < -0.3 is 20.5 Å². The first-order chi connectivity index (χ1) is 16.7. The van der Waals surface area contributed by atoms with Crippen LogP contribution in [0.2, 0.25) is 0 Å². The number of ether oxygens (including phenoxy) is 1. The lowest BCUT2D eigenvalue weighted by Gasteiger charge is -2.25. The van der Waals surface area contributed by atoms with Crippen LogP contribution >= 0.6 is 0 Å². The zero-order chi connectivity index (χ0) is 25.0. The van der Waals surface area contributed by atoms with E-state index in [0.717, 1.165) is 37.8 Å². The first-order valence-corrected chi connectivity index (χ1v) is 11.7. The van der Waals surface area contributed by atoms with Gasteiger partial charge in [0.2, 0.25) is 5.82 Å². The van der Waals surface area contributed by atoms with E-state index in [2.05, 4.69) is 20.6 Å². The van der Waals surface area contributed by atoms with Crippen LogP contribution in [0.5, 0.6) is 0 Å². The summed E-state index contributed by atoms with van der Waals surface area (Å²) in [7, 11) is 0. The summed E-state index contributed by atoms with van der Waals surface area (Å²) in [5, 5.41) is 15.4. The van der Waals surface area contributed by atoms with Crippen LogP contribution in [-0.2, 0) is 15.7 Å². The molecule has 1 saturated carbocycles. The Bertz CT molecular complexity index is 1010. The van der Waals surface area contributed by atoms with Gasteiger partial charge >= 0.3 is 12.1 Å². The molecule has 1 aliphatic heterocycles. The third kappa shape index (κ3) is 6.59. The second-order valence-electron chi connectivity index (χ2n) is 9.17. The summed E-state index contributed by atoms with van der Waals surface area (Å²) in [4.78, 5) is 19.6. The Morgan fingerprint density at radius 1 is 1.09 bits per heavy atom. The number of hydrogen-bond donors (Lipinski definition) is 3. The second-order valence-corrected chi connectivity index (χ2v) is 9.17. The van der Waals surface area contributed by atoms with Crippen LogP contribution < -0.4 is 10.6 Å². The number of carboxylic acid groups (broad SMARTS) is 1. The van der Waals surface area contributed by atoms with E-state index in [9.17, 15) is 23.1 Å². The number of nitrogens with one attached hydrogen (secondary N) is 2. The number of aliphatic carboxylic acids is 1. The van der Waals surface area contributed by atoms with Crippen LogP contribution in [0.3, 0.4) is 0 Å². The summed E-state index contributed by atoms with van der Waals surface area (Å²) < 4.78 is 59.3. The highest BCUT2D eigenvalue weighted by Crippen LogP contribution is 2.43. The molecular weight excluding hydrogens is 468 g/mol. The van der Waals surface area contributed by atoms with Crippen molar-refractivity contribution in [3.8, 4) is 0 Å². The molecule has 35 heavy (non-hydrogen) atoms. The van der Waals surface area contributed by atoms with E-state index in [1.165, 1.54) is 18.5 Å². The summed E-state index contributed by atoms with van der Waals surface area (Å²) in [6.45, 7) is 1.23. The molecule has 0 amide bonds. The molecule has 190 valence electrons. The van der Waals surface area contributed by atoms with Crippen molar-refractivity contribution in [1.82, 2.24) is 9.97 Å². The lowest BCUT2D eigenvalue weighted by molar-refractivity contribution is -0.142. The number of halogens is 4.